The Hall–Kier alpha value is -0.610. The molecule has 0 atom stereocenters. The Morgan fingerprint density at radius 1 is 1.27 bits per heavy atom. The first-order chi connectivity index (χ1) is 7.16. The molecule has 0 heterocycles. The van der Waals surface area contributed by atoms with Gasteiger partial charge in [-0.3, -0.25) is 4.79 Å². The van der Waals surface area contributed by atoms with Gasteiger partial charge in [-0.15, -0.1) is 0 Å². The van der Waals surface area contributed by atoms with E-state index in [0.717, 1.165) is 32.4 Å². The molecule has 90 valence electrons. The van der Waals surface area contributed by atoms with Crippen molar-refractivity contribution in [1.29, 1.82) is 0 Å². The molecule has 0 rings (SSSR count). The minimum Gasteiger partial charge on any atom is -0.385 e. The average Bonchev–Trinajstić information content (AvgIpc) is 2.15. The van der Waals surface area contributed by atoms with Gasteiger partial charge in [0, 0.05) is 19.8 Å². The van der Waals surface area contributed by atoms with Crippen LogP contribution in [0.15, 0.2) is 0 Å². The van der Waals surface area contributed by atoms with Crippen molar-refractivity contribution in [2.75, 3.05) is 26.8 Å². The number of unbranched alkanes of at least 4 members (excludes halogenated alkanes) is 2. The number of carbonyl (C=O) groups excluding carboxylic acids is 1. The number of amides is 1. The second-order valence-corrected chi connectivity index (χ2v) is 3.95. The molecule has 0 aromatic carbocycles. The van der Waals surface area contributed by atoms with Crippen molar-refractivity contribution in [3.05, 3.63) is 0 Å². The number of rotatable bonds is 9. The third-order valence-electron chi connectivity index (χ3n) is 1.94. The standard InChI is InChI=1S/C11H24N2O2/c1-10(2)13-11(14)9-12-7-5-4-6-8-15-3/h10,12H,4-9H2,1-3H3,(H,13,14). The van der Waals surface area contributed by atoms with Gasteiger partial charge in [0.2, 0.25) is 5.91 Å². The van der Waals surface area contributed by atoms with Crippen LogP contribution < -0.4 is 10.6 Å². The fraction of sp³-hybridized carbons (Fsp3) is 0.909. The van der Waals surface area contributed by atoms with Crippen molar-refractivity contribution in [1.82, 2.24) is 10.6 Å². The molecule has 0 aliphatic rings. The van der Waals surface area contributed by atoms with Gasteiger partial charge in [0.1, 0.15) is 0 Å². The van der Waals surface area contributed by atoms with Gasteiger partial charge >= 0.3 is 0 Å². The fourth-order valence-electron chi connectivity index (χ4n) is 1.25. The molecule has 0 saturated carbocycles. The highest BCUT2D eigenvalue weighted by molar-refractivity contribution is 5.78. The van der Waals surface area contributed by atoms with E-state index >= 15 is 0 Å². The van der Waals surface area contributed by atoms with Crippen molar-refractivity contribution in [3.63, 3.8) is 0 Å². The number of hydrogen-bond donors (Lipinski definition) is 2. The monoisotopic (exact) mass is 216 g/mol. The molecule has 1 amide bonds. The van der Waals surface area contributed by atoms with Crippen LogP contribution in [0.2, 0.25) is 0 Å². The minimum absolute atomic E-state index is 0.0712. The fourth-order valence-corrected chi connectivity index (χ4v) is 1.25. The Labute approximate surface area is 92.8 Å². The van der Waals surface area contributed by atoms with Crippen molar-refractivity contribution in [3.8, 4) is 0 Å². The van der Waals surface area contributed by atoms with Crippen molar-refractivity contribution in [2.45, 2.75) is 39.2 Å². The largest absolute Gasteiger partial charge is 0.385 e. The number of ether oxygens (including phenoxy) is 1. The number of hydrogen-bond acceptors (Lipinski definition) is 3. The lowest BCUT2D eigenvalue weighted by molar-refractivity contribution is -0.120. The van der Waals surface area contributed by atoms with Gasteiger partial charge in [0.15, 0.2) is 0 Å². The smallest absolute Gasteiger partial charge is 0.234 e. The molecule has 0 unspecified atom stereocenters. The zero-order valence-corrected chi connectivity index (χ0v) is 10.1. The number of carbonyl (C=O) groups is 1. The highest BCUT2D eigenvalue weighted by Gasteiger charge is 2.01. The van der Waals surface area contributed by atoms with E-state index in [1.165, 1.54) is 0 Å². The summed E-state index contributed by atoms with van der Waals surface area (Å²) in [4.78, 5) is 11.2. The van der Waals surface area contributed by atoms with E-state index in [4.69, 9.17) is 4.74 Å². The molecule has 0 aromatic heterocycles. The van der Waals surface area contributed by atoms with Crippen LogP contribution in [0.25, 0.3) is 0 Å². The van der Waals surface area contributed by atoms with Crippen molar-refractivity contribution >= 4 is 5.91 Å². The summed E-state index contributed by atoms with van der Waals surface area (Å²) >= 11 is 0. The first kappa shape index (κ1) is 14.4. The maximum absolute atomic E-state index is 11.2. The van der Waals surface area contributed by atoms with E-state index in [2.05, 4.69) is 10.6 Å². The maximum Gasteiger partial charge on any atom is 0.234 e. The molecule has 0 aromatic rings. The normalized spacial score (nSPS) is 10.7. The highest BCUT2D eigenvalue weighted by Crippen LogP contribution is 1.93. The second-order valence-electron chi connectivity index (χ2n) is 3.95. The topological polar surface area (TPSA) is 50.4 Å². The lowest BCUT2D eigenvalue weighted by Gasteiger charge is -2.08. The lowest BCUT2D eigenvalue weighted by Crippen LogP contribution is -2.37. The molecule has 4 nitrogen and oxygen atoms in total. The molecular weight excluding hydrogens is 192 g/mol. The second kappa shape index (κ2) is 9.93. The van der Waals surface area contributed by atoms with E-state index in [1.54, 1.807) is 7.11 Å². The minimum atomic E-state index is 0.0712. The molecule has 2 N–H and O–H groups in total. The van der Waals surface area contributed by atoms with Gasteiger partial charge in [-0.1, -0.05) is 0 Å². The van der Waals surface area contributed by atoms with E-state index in [9.17, 15) is 4.79 Å². The summed E-state index contributed by atoms with van der Waals surface area (Å²) in [6, 6.07) is 0.223. The summed E-state index contributed by atoms with van der Waals surface area (Å²) in [5.41, 5.74) is 0. The zero-order valence-electron chi connectivity index (χ0n) is 10.1. The van der Waals surface area contributed by atoms with E-state index < -0.39 is 0 Å². The number of nitrogens with one attached hydrogen (secondary N) is 2. The Morgan fingerprint density at radius 3 is 2.60 bits per heavy atom. The van der Waals surface area contributed by atoms with E-state index in [-0.39, 0.29) is 11.9 Å². The molecule has 4 heteroatoms. The quantitative estimate of drug-likeness (QED) is 0.563. The lowest BCUT2D eigenvalue weighted by atomic mass is 10.2. The van der Waals surface area contributed by atoms with Crippen LogP contribution in [0.1, 0.15) is 33.1 Å². The van der Waals surface area contributed by atoms with Crippen LogP contribution in [0.3, 0.4) is 0 Å². The van der Waals surface area contributed by atoms with Gasteiger partial charge in [0.25, 0.3) is 0 Å². The Bertz CT molecular complexity index is 161. The molecule has 0 aliphatic carbocycles. The van der Waals surface area contributed by atoms with Crippen LogP contribution in [0, 0.1) is 0 Å². The first-order valence-electron chi connectivity index (χ1n) is 5.66. The van der Waals surface area contributed by atoms with Gasteiger partial charge in [-0.2, -0.15) is 0 Å². The third-order valence-corrected chi connectivity index (χ3v) is 1.94. The summed E-state index contributed by atoms with van der Waals surface area (Å²) in [6.07, 6.45) is 3.33. The summed E-state index contributed by atoms with van der Waals surface area (Å²) in [5.74, 6) is 0.0712. The van der Waals surface area contributed by atoms with E-state index in [1.807, 2.05) is 13.8 Å². The average molecular weight is 216 g/mol. The molecule has 0 saturated heterocycles. The molecule has 0 bridgehead atoms. The predicted octanol–water partition coefficient (Wildman–Crippen LogP) is 0.917. The van der Waals surface area contributed by atoms with Gasteiger partial charge in [0.05, 0.1) is 6.54 Å². The SMILES string of the molecule is COCCCCCNCC(=O)NC(C)C. The molecule has 15 heavy (non-hydrogen) atoms. The zero-order chi connectivity index (χ0) is 11.5. The van der Waals surface area contributed by atoms with Crippen LogP contribution >= 0.6 is 0 Å². The molecule has 0 spiro atoms. The predicted molar refractivity (Wildman–Crippen MR) is 61.9 cm³/mol. The Balaban J connectivity index is 3.13. The third kappa shape index (κ3) is 11.3. The maximum atomic E-state index is 11.2. The molecule has 0 radical (unpaired) electrons. The summed E-state index contributed by atoms with van der Waals surface area (Å²) < 4.78 is 4.95. The Morgan fingerprint density at radius 2 is 2.00 bits per heavy atom. The van der Waals surface area contributed by atoms with Crippen molar-refractivity contribution in [2.24, 2.45) is 0 Å². The van der Waals surface area contributed by atoms with E-state index in [0.29, 0.717) is 6.54 Å². The number of methoxy groups -OCH3 is 1. The summed E-state index contributed by atoms with van der Waals surface area (Å²) in [7, 11) is 1.72. The summed E-state index contributed by atoms with van der Waals surface area (Å²) in [6.45, 7) is 6.07. The van der Waals surface area contributed by atoms with Crippen LogP contribution in [0.5, 0.6) is 0 Å². The van der Waals surface area contributed by atoms with Gasteiger partial charge < -0.3 is 15.4 Å². The molecular formula is C11H24N2O2. The first-order valence-corrected chi connectivity index (χ1v) is 5.66. The molecule has 0 aliphatic heterocycles. The van der Waals surface area contributed by atoms with Gasteiger partial charge in [-0.05, 0) is 39.7 Å². The Kier molecular flexibility index (Phi) is 9.52. The van der Waals surface area contributed by atoms with Crippen molar-refractivity contribution < 1.29 is 9.53 Å². The van der Waals surface area contributed by atoms with Crippen LogP contribution in [0.4, 0.5) is 0 Å². The highest BCUT2D eigenvalue weighted by atomic mass is 16.5. The van der Waals surface area contributed by atoms with Gasteiger partial charge in [-0.25, -0.2) is 0 Å². The van der Waals surface area contributed by atoms with Crippen LogP contribution in [-0.2, 0) is 9.53 Å². The van der Waals surface area contributed by atoms with Crippen LogP contribution in [-0.4, -0.2) is 38.8 Å². The molecule has 0 fully saturated rings. The summed E-state index contributed by atoms with van der Waals surface area (Å²) in [5, 5.41) is 5.95.